The van der Waals surface area contributed by atoms with Crippen LogP contribution in [0.15, 0.2) is 24.6 Å². The molecule has 0 spiro atoms. The maximum Gasteiger partial charge on any atom is 0.416 e. The number of methoxy groups -OCH3 is 1. The highest BCUT2D eigenvalue weighted by Crippen LogP contribution is 2.32. The first kappa shape index (κ1) is 11.6. The Morgan fingerprint density at radius 1 is 1.67 bits per heavy atom. The number of rotatable bonds is 1. The molecule has 4 heteroatoms. The summed E-state index contributed by atoms with van der Waals surface area (Å²) in [6, 6.07) is 0. The minimum atomic E-state index is -0.424. The SMILES string of the molecule is C=CC1=CN(C(=O)OC)C(C(C)(C)C)O1. The largest absolute Gasteiger partial charge is 0.468 e. The van der Waals surface area contributed by atoms with E-state index in [1.165, 1.54) is 12.0 Å². The van der Waals surface area contributed by atoms with Crippen LogP contribution in [0, 0.1) is 5.41 Å². The van der Waals surface area contributed by atoms with Gasteiger partial charge in [0.25, 0.3) is 0 Å². The van der Waals surface area contributed by atoms with Crippen molar-refractivity contribution in [3.63, 3.8) is 0 Å². The van der Waals surface area contributed by atoms with E-state index in [4.69, 9.17) is 4.74 Å². The second kappa shape index (κ2) is 3.96. The standard InChI is InChI=1S/C11H17NO3/c1-6-8-7-12(10(13)14-5)9(15-8)11(2,3)4/h6-7,9H,1H2,2-5H3. The second-order valence-corrected chi connectivity index (χ2v) is 4.45. The van der Waals surface area contributed by atoms with E-state index < -0.39 is 6.09 Å². The molecular weight excluding hydrogens is 194 g/mol. The van der Waals surface area contributed by atoms with E-state index in [0.29, 0.717) is 5.76 Å². The van der Waals surface area contributed by atoms with Gasteiger partial charge in [-0.25, -0.2) is 9.69 Å². The van der Waals surface area contributed by atoms with E-state index >= 15 is 0 Å². The molecule has 0 aliphatic carbocycles. The summed E-state index contributed by atoms with van der Waals surface area (Å²) in [4.78, 5) is 12.9. The minimum absolute atomic E-state index is 0.185. The van der Waals surface area contributed by atoms with E-state index in [0.717, 1.165) is 0 Å². The zero-order valence-corrected chi connectivity index (χ0v) is 9.61. The summed E-state index contributed by atoms with van der Waals surface area (Å²) in [6.45, 7) is 9.59. The van der Waals surface area contributed by atoms with Gasteiger partial charge in [0.2, 0.25) is 0 Å². The topological polar surface area (TPSA) is 38.8 Å². The molecule has 0 radical (unpaired) electrons. The number of ether oxygens (including phenoxy) is 2. The molecule has 4 nitrogen and oxygen atoms in total. The van der Waals surface area contributed by atoms with Crippen LogP contribution in [0.1, 0.15) is 20.8 Å². The highest BCUT2D eigenvalue weighted by molar-refractivity contribution is 5.69. The molecular formula is C11H17NO3. The quantitative estimate of drug-likeness (QED) is 0.668. The fourth-order valence-corrected chi connectivity index (χ4v) is 1.37. The molecule has 0 N–H and O–H groups in total. The van der Waals surface area contributed by atoms with Gasteiger partial charge >= 0.3 is 6.09 Å². The Hall–Kier alpha value is -1.45. The lowest BCUT2D eigenvalue weighted by Gasteiger charge is -2.32. The first-order valence-electron chi connectivity index (χ1n) is 4.77. The molecule has 1 amide bonds. The molecule has 0 saturated carbocycles. The maximum atomic E-state index is 11.5. The van der Waals surface area contributed by atoms with Crippen molar-refractivity contribution in [1.82, 2.24) is 4.90 Å². The first-order valence-corrected chi connectivity index (χ1v) is 4.77. The molecule has 0 aromatic carbocycles. The highest BCUT2D eigenvalue weighted by Gasteiger charge is 2.39. The van der Waals surface area contributed by atoms with E-state index in [9.17, 15) is 4.79 Å². The van der Waals surface area contributed by atoms with Crippen molar-refractivity contribution in [2.45, 2.75) is 27.0 Å². The van der Waals surface area contributed by atoms with Crippen LogP contribution in [0.2, 0.25) is 0 Å². The lowest BCUT2D eigenvalue weighted by molar-refractivity contribution is -0.0294. The third-order valence-electron chi connectivity index (χ3n) is 2.09. The van der Waals surface area contributed by atoms with Crippen LogP contribution in [0.25, 0.3) is 0 Å². The zero-order valence-electron chi connectivity index (χ0n) is 9.61. The minimum Gasteiger partial charge on any atom is -0.468 e. The zero-order chi connectivity index (χ0) is 11.6. The van der Waals surface area contributed by atoms with Gasteiger partial charge in [-0.05, 0) is 6.08 Å². The summed E-state index contributed by atoms with van der Waals surface area (Å²) in [7, 11) is 1.35. The summed E-state index contributed by atoms with van der Waals surface area (Å²) < 4.78 is 10.3. The molecule has 1 unspecified atom stereocenters. The predicted molar refractivity (Wildman–Crippen MR) is 56.9 cm³/mol. The summed E-state index contributed by atoms with van der Waals surface area (Å²) in [5.74, 6) is 0.584. The lowest BCUT2D eigenvalue weighted by Crippen LogP contribution is -2.42. The van der Waals surface area contributed by atoms with Crippen molar-refractivity contribution in [2.24, 2.45) is 5.41 Å². The molecule has 1 heterocycles. The Balaban J connectivity index is 2.92. The number of carbonyl (C=O) groups is 1. The van der Waals surface area contributed by atoms with Crippen molar-refractivity contribution in [3.8, 4) is 0 Å². The summed E-state index contributed by atoms with van der Waals surface area (Å²) in [5, 5.41) is 0. The Labute approximate surface area is 90.2 Å². The molecule has 1 atom stereocenters. The van der Waals surface area contributed by atoms with Gasteiger partial charge in [-0.2, -0.15) is 0 Å². The third kappa shape index (κ3) is 2.32. The Morgan fingerprint density at radius 2 is 2.27 bits per heavy atom. The van der Waals surface area contributed by atoms with Gasteiger partial charge in [0.1, 0.15) is 5.76 Å². The molecule has 0 bridgehead atoms. The monoisotopic (exact) mass is 211 g/mol. The average Bonchev–Trinajstić information content (AvgIpc) is 2.59. The predicted octanol–water partition coefficient (Wildman–Crippen LogP) is 2.48. The number of hydrogen-bond donors (Lipinski definition) is 0. The third-order valence-corrected chi connectivity index (χ3v) is 2.09. The van der Waals surface area contributed by atoms with Gasteiger partial charge in [0.05, 0.1) is 13.3 Å². The van der Waals surface area contributed by atoms with Gasteiger partial charge in [-0.1, -0.05) is 27.4 Å². The summed E-state index contributed by atoms with van der Waals surface area (Å²) >= 11 is 0. The molecule has 0 fully saturated rings. The Bertz CT molecular complexity index is 301. The number of allylic oxidation sites excluding steroid dienone is 1. The van der Waals surface area contributed by atoms with Gasteiger partial charge < -0.3 is 9.47 Å². The van der Waals surface area contributed by atoms with Crippen LogP contribution < -0.4 is 0 Å². The van der Waals surface area contributed by atoms with Crippen LogP contribution in [-0.4, -0.2) is 24.3 Å². The second-order valence-electron chi connectivity index (χ2n) is 4.45. The lowest BCUT2D eigenvalue weighted by atomic mass is 9.94. The summed E-state index contributed by atoms with van der Waals surface area (Å²) in [6.07, 6.45) is 2.40. The van der Waals surface area contributed by atoms with Crippen LogP contribution in [0.5, 0.6) is 0 Å². The van der Waals surface area contributed by atoms with Crippen LogP contribution >= 0.6 is 0 Å². The van der Waals surface area contributed by atoms with Crippen molar-refractivity contribution < 1.29 is 14.3 Å². The van der Waals surface area contributed by atoms with Crippen molar-refractivity contribution in [2.75, 3.05) is 7.11 Å². The number of carbonyl (C=O) groups excluding carboxylic acids is 1. The molecule has 1 rings (SSSR count). The molecule has 0 saturated heterocycles. The Kier molecular flexibility index (Phi) is 3.07. The molecule has 15 heavy (non-hydrogen) atoms. The van der Waals surface area contributed by atoms with E-state index in [2.05, 4.69) is 11.3 Å². The van der Waals surface area contributed by atoms with Crippen LogP contribution in [0.4, 0.5) is 4.79 Å². The van der Waals surface area contributed by atoms with Crippen molar-refractivity contribution in [1.29, 1.82) is 0 Å². The van der Waals surface area contributed by atoms with Gasteiger partial charge in [-0.15, -0.1) is 0 Å². The maximum absolute atomic E-state index is 11.5. The number of hydrogen-bond acceptors (Lipinski definition) is 3. The molecule has 1 aliphatic rings. The van der Waals surface area contributed by atoms with E-state index in [1.54, 1.807) is 12.3 Å². The van der Waals surface area contributed by atoms with Gasteiger partial charge in [0, 0.05) is 5.41 Å². The number of amides is 1. The van der Waals surface area contributed by atoms with E-state index in [1.807, 2.05) is 20.8 Å². The fraction of sp³-hybridized carbons (Fsp3) is 0.545. The smallest absolute Gasteiger partial charge is 0.416 e. The van der Waals surface area contributed by atoms with Gasteiger partial charge in [-0.3, -0.25) is 0 Å². The first-order chi connectivity index (χ1) is 6.90. The highest BCUT2D eigenvalue weighted by atomic mass is 16.6. The molecule has 0 aromatic heterocycles. The normalized spacial score (nSPS) is 20.7. The van der Waals surface area contributed by atoms with Crippen molar-refractivity contribution >= 4 is 6.09 Å². The molecule has 84 valence electrons. The molecule has 0 aromatic rings. The van der Waals surface area contributed by atoms with Crippen molar-refractivity contribution in [3.05, 3.63) is 24.6 Å². The van der Waals surface area contributed by atoms with E-state index in [-0.39, 0.29) is 11.6 Å². The average molecular weight is 211 g/mol. The number of nitrogens with zero attached hydrogens (tertiary/aromatic N) is 1. The van der Waals surface area contributed by atoms with Crippen LogP contribution in [0.3, 0.4) is 0 Å². The molecule has 1 aliphatic heterocycles. The Morgan fingerprint density at radius 3 is 2.67 bits per heavy atom. The van der Waals surface area contributed by atoms with Crippen LogP contribution in [-0.2, 0) is 9.47 Å². The van der Waals surface area contributed by atoms with Gasteiger partial charge in [0.15, 0.2) is 6.23 Å². The fourth-order valence-electron chi connectivity index (χ4n) is 1.37. The summed E-state index contributed by atoms with van der Waals surface area (Å²) in [5.41, 5.74) is -0.185.